The zero-order valence-electron chi connectivity index (χ0n) is 11.1. The molecule has 0 spiro atoms. The van der Waals surface area contributed by atoms with E-state index in [4.69, 9.17) is 14.9 Å². The van der Waals surface area contributed by atoms with Crippen LogP contribution in [0.4, 0.5) is 4.79 Å². The van der Waals surface area contributed by atoms with Crippen molar-refractivity contribution in [2.75, 3.05) is 19.8 Å². The van der Waals surface area contributed by atoms with Crippen LogP contribution in [0.1, 0.15) is 5.56 Å². The molecule has 0 heterocycles. The minimum atomic E-state index is -1.31. The predicted molar refractivity (Wildman–Crippen MR) is 71.7 cm³/mol. The Hall–Kier alpha value is -2.28. The summed E-state index contributed by atoms with van der Waals surface area (Å²) in [5, 5.41) is 21.9. The van der Waals surface area contributed by atoms with E-state index < -0.39 is 24.6 Å². The van der Waals surface area contributed by atoms with Crippen molar-refractivity contribution in [2.45, 2.75) is 13.0 Å². The first-order chi connectivity index (χ1) is 9.52. The maximum Gasteiger partial charge on any atom is 0.328 e. The third-order valence-corrected chi connectivity index (χ3v) is 2.43. The maximum atomic E-state index is 11.3. The monoisotopic (exact) mass is 282 g/mol. The average Bonchev–Trinajstić information content (AvgIpc) is 2.40. The number of carbonyl (C=O) groups excluding carboxylic acids is 1. The number of hydrogen-bond acceptors (Lipinski definition) is 4. The summed E-state index contributed by atoms with van der Waals surface area (Å²) >= 11 is 0. The summed E-state index contributed by atoms with van der Waals surface area (Å²) in [4.78, 5) is 21.9. The zero-order valence-corrected chi connectivity index (χ0v) is 11.1. The fraction of sp³-hybridized carbons (Fsp3) is 0.385. The summed E-state index contributed by atoms with van der Waals surface area (Å²) in [6.07, 6.45) is 0. The molecular formula is C13H18N2O5. The van der Waals surface area contributed by atoms with Crippen LogP contribution in [0, 0.1) is 6.92 Å². The van der Waals surface area contributed by atoms with Crippen LogP contribution in [-0.4, -0.2) is 48.0 Å². The number of carbonyl (C=O) groups is 2. The number of aliphatic hydroxyl groups excluding tert-OH is 1. The molecule has 1 atom stereocenters. The lowest BCUT2D eigenvalue weighted by Crippen LogP contribution is -2.48. The highest BCUT2D eigenvalue weighted by Gasteiger charge is 2.17. The smallest absolute Gasteiger partial charge is 0.328 e. The van der Waals surface area contributed by atoms with Crippen molar-refractivity contribution in [2.24, 2.45) is 0 Å². The Labute approximate surface area is 116 Å². The lowest BCUT2D eigenvalue weighted by atomic mass is 10.2. The fourth-order valence-corrected chi connectivity index (χ4v) is 1.43. The van der Waals surface area contributed by atoms with Crippen LogP contribution in [0.25, 0.3) is 0 Å². The van der Waals surface area contributed by atoms with Crippen LogP contribution < -0.4 is 15.4 Å². The first-order valence-electron chi connectivity index (χ1n) is 6.10. The van der Waals surface area contributed by atoms with E-state index >= 15 is 0 Å². The second-order valence-corrected chi connectivity index (χ2v) is 4.14. The van der Waals surface area contributed by atoms with E-state index in [0.717, 1.165) is 5.56 Å². The highest BCUT2D eigenvalue weighted by molar-refractivity contribution is 5.82. The van der Waals surface area contributed by atoms with Crippen molar-refractivity contribution in [3.05, 3.63) is 29.8 Å². The molecule has 20 heavy (non-hydrogen) atoms. The van der Waals surface area contributed by atoms with Gasteiger partial charge in [-0.15, -0.1) is 0 Å². The SMILES string of the molecule is Cc1cccc(OCCNC(=O)N[C@H](CO)C(=O)O)c1. The van der Waals surface area contributed by atoms with Crippen LogP contribution in [-0.2, 0) is 4.79 Å². The van der Waals surface area contributed by atoms with E-state index in [1.807, 2.05) is 25.1 Å². The highest BCUT2D eigenvalue weighted by Crippen LogP contribution is 2.11. The van der Waals surface area contributed by atoms with Crippen LogP contribution in [0.3, 0.4) is 0 Å². The zero-order chi connectivity index (χ0) is 15.0. The van der Waals surface area contributed by atoms with Gasteiger partial charge < -0.3 is 25.6 Å². The van der Waals surface area contributed by atoms with E-state index in [1.165, 1.54) is 0 Å². The number of aryl methyl sites for hydroxylation is 1. The number of amides is 2. The van der Waals surface area contributed by atoms with E-state index in [-0.39, 0.29) is 13.2 Å². The molecule has 4 N–H and O–H groups in total. The molecule has 7 nitrogen and oxygen atoms in total. The molecule has 1 aromatic rings. The highest BCUT2D eigenvalue weighted by atomic mass is 16.5. The van der Waals surface area contributed by atoms with Crippen molar-refractivity contribution in [3.63, 3.8) is 0 Å². The first-order valence-corrected chi connectivity index (χ1v) is 6.10. The number of aliphatic hydroxyl groups is 1. The number of aliphatic carboxylic acids is 1. The Balaban J connectivity index is 2.24. The van der Waals surface area contributed by atoms with Gasteiger partial charge in [-0.2, -0.15) is 0 Å². The Kier molecular flexibility index (Phi) is 6.31. The molecule has 1 aromatic carbocycles. The quantitative estimate of drug-likeness (QED) is 0.531. The number of rotatable bonds is 7. The number of hydrogen-bond donors (Lipinski definition) is 4. The number of carboxylic acid groups (broad SMARTS) is 1. The van der Waals surface area contributed by atoms with E-state index in [9.17, 15) is 9.59 Å². The topological polar surface area (TPSA) is 108 Å². The Bertz CT molecular complexity index is 464. The van der Waals surface area contributed by atoms with Gasteiger partial charge in [0.1, 0.15) is 12.4 Å². The molecule has 0 aliphatic carbocycles. The van der Waals surface area contributed by atoms with Gasteiger partial charge in [-0.3, -0.25) is 0 Å². The van der Waals surface area contributed by atoms with Crippen molar-refractivity contribution < 1.29 is 24.5 Å². The summed E-state index contributed by atoms with van der Waals surface area (Å²) in [6.45, 7) is 1.76. The largest absolute Gasteiger partial charge is 0.492 e. The van der Waals surface area contributed by atoms with Crippen LogP contribution >= 0.6 is 0 Å². The van der Waals surface area contributed by atoms with Gasteiger partial charge in [-0.25, -0.2) is 9.59 Å². The number of nitrogens with one attached hydrogen (secondary N) is 2. The fourth-order valence-electron chi connectivity index (χ4n) is 1.43. The van der Waals surface area contributed by atoms with Gasteiger partial charge in [0.15, 0.2) is 6.04 Å². The van der Waals surface area contributed by atoms with E-state index in [2.05, 4.69) is 10.6 Å². The standard InChI is InChI=1S/C13H18N2O5/c1-9-3-2-4-10(7-9)20-6-5-14-13(19)15-11(8-16)12(17)18/h2-4,7,11,16H,5-6,8H2,1H3,(H,17,18)(H2,14,15,19)/t11-/m1/s1. The number of benzene rings is 1. The van der Waals surface area contributed by atoms with Crippen molar-refractivity contribution in [3.8, 4) is 5.75 Å². The minimum absolute atomic E-state index is 0.220. The molecule has 1 rings (SSSR count). The van der Waals surface area contributed by atoms with Gasteiger partial charge in [0.05, 0.1) is 13.2 Å². The molecule has 0 aromatic heterocycles. The summed E-state index contributed by atoms with van der Waals surface area (Å²) in [5.74, 6) is -0.593. The Morgan fingerprint density at radius 3 is 2.75 bits per heavy atom. The lowest BCUT2D eigenvalue weighted by molar-refractivity contribution is -0.140. The maximum absolute atomic E-state index is 11.3. The molecule has 0 unspecified atom stereocenters. The second-order valence-electron chi connectivity index (χ2n) is 4.14. The Morgan fingerprint density at radius 1 is 1.40 bits per heavy atom. The van der Waals surface area contributed by atoms with Crippen LogP contribution in [0.2, 0.25) is 0 Å². The van der Waals surface area contributed by atoms with Gasteiger partial charge in [0, 0.05) is 0 Å². The number of carboxylic acids is 1. The molecule has 0 bridgehead atoms. The minimum Gasteiger partial charge on any atom is -0.492 e. The average molecular weight is 282 g/mol. The van der Waals surface area contributed by atoms with E-state index in [1.54, 1.807) is 6.07 Å². The third-order valence-electron chi connectivity index (χ3n) is 2.43. The molecule has 2 amide bonds. The van der Waals surface area contributed by atoms with Gasteiger partial charge in [0.2, 0.25) is 0 Å². The summed E-state index contributed by atoms with van der Waals surface area (Å²) in [5.41, 5.74) is 1.07. The van der Waals surface area contributed by atoms with Crippen molar-refractivity contribution in [1.82, 2.24) is 10.6 Å². The molecular weight excluding hydrogens is 264 g/mol. The van der Waals surface area contributed by atoms with Gasteiger partial charge in [-0.1, -0.05) is 12.1 Å². The van der Waals surface area contributed by atoms with Crippen molar-refractivity contribution in [1.29, 1.82) is 0 Å². The second kappa shape index (κ2) is 8.00. The van der Waals surface area contributed by atoms with Crippen LogP contribution in [0.5, 0.6) is 5.75 Å². The molecule has 110 valence electrons. The summed E-state index contributed by atoms with van der Waals surface area (Å²) in [6, 6.07) is 5.50. The predicted octanol–water partition coefficient (Wildman–Crippen LogP) is 0.119. The van der Waals surface area contributed by atoms with Crippen molar-refractivity contribution >= 4 is 12.0 Å². The van der Waals surface area contributed by atoms with E-state index in [0.29, 0.717) is 5.75 Å². The summed E-state index contributed by atoms with van der Waals surface area (Å²) in [7, 11) is 0. The number of urea groups is 1. The molecule has 0 fully saturated rings. The molecule has 7 heteroatoms. The van der Waals surface area contributed by atoms with Gasteiger partial charge in [0.25, 0.3) is 0 Å². The molecule has 0 aliphatic heterocycles. The molecule has 0 saturated carbocycles. The normalized spacial score (nSPS) is 11.5. The number of ether oxygens (including phenoxy) is 1. The molecule has 0 aliphatic rings. The third kappa shape index (κ3) is 5.57. The first kappa shape index (κ1) is 15.8. The van der Waals surface area contributed by atoms with Gasteiger partial charge in [-0.05, 0) is 24.6 Å². The van der Waals surface area contributed by atoms with Crippen LogP contribution in [0.15, 0.2) is 24.3 Å². The molecule has 0 radical (unpaired) electrons. The molecule has 0 saturated heterocycles. The van der Waals surface area contributed by atoms with Gasteiger partial charge >= 0.3 is 12.0 Å². The summed E-state index contributed by atoms with van der Waals surface area (Å²) < 4.78 is 5.41. The Morgan fingerprint density at radius 2 is 2.15 bits per heavy atom. The lowest BCUT2D eigenvalue weighted by Gasteiger charge is -2.13.